The van der Waals surface area contributed by atoms with Crippen molar-refractivity contribution in [3.63, 3.8) is 0 Å². The number of nitrogens with two attached hydrogens (primary N) is 1. The number of carboxylic acid groups (broad SMARTS) is 1. The number of benzene rings is 3. The van der Waals surface area contributed by atoms with Crippen LogP contribution in [0.15, 0.2) is 77.7 Å². The van der Waals surface area contributed by atoms with E-state index >= 15 is 0 Å². The Hall–Kier alpha value is -5.66. The van der Waals surface area contributed by atoms with Crippen LogP contribution in [-0.2, 0) is 34.0 Å². The number of sulfonamides is 1. The molecule has 0 aliphatic carbocycles. The molecule has 0 heterocycles. The molecule has 20 nitrogen and oxygen atoms in total. The molecule has 0 saturated heterocycles. The minimum absolute atomic E-state index is 0.111. The molecule has 0 saturated carbocycles. The fourth-order valence-electron chi connectivity index (χ4n) is 5.09. The zero-order valence-corrected chi connectivity index (χ0v) is 36.8. The van der Waals surface area contributed by atoms with Crippen LogP contribution in [0.2, 0.25) is 0 Å². The molecule has 0 radical (unpaired) electrons. The number of nitrogens with one attached hydrogen (secondary N) is 8. The second-order valence-electron chi connectivity index (χ2n) is 13.1. The van der Waals surface area contributed by atoms with Crippen molar-refractivity contribution in [3.8, 4) is 0 Å². The molecule has 60 heavy (non-hydrogen) atoms. The van der Waals surface area contributed by atoms with E-state index in [1.54, 1.807) is 43.3 Å². The van der Waals surface area contributed by atoms with Gasteiger partial charge in [-0.1, -0.05) is 13.0 Å². The first-order chi connectivity index (χ1) is 28.4. The molecule has 3 aromatic carbocycles. The number of rotatable bonds is 23. The number of hydrogen-bond donors (Lipinski definition) is 10. The molecule has 0 aliphatic heterocycles. The number of carbonyl (C=O) groups is 7. The van der Waals surface area contributed by atoms with Crippen molar-refractivity contribution in [1.29, 1.82) is 0 Å². The number of carbonyl (C=O) groups excluding carboxylic acids is 6. The molecule has 3 aromatic rings. The molecular weight excluding hydrogens is 936 g/mol. The van der Waals surface area contributed by atoms with E-state index < -0.39 is 90.6 Å². The first-order valence-corrected chi connectivity index (χ1v) is 24.1. The molecule has 7 amide bonds. The summed E-state index contributed by atoms with van der Waals surface area (Å²) in [5.74, 6) is -2.97. The topological polar surface area (TPSA) is 299 Å². The molecular formula is C37H48IN10O10S2-. The van der Waals surface area contributed by atoms with Crippen molar-refractivity contribution >= 4 is 83.9 Å². The van der Waals surface area contributed by atoms with Gasteiger partial charge in [-0.2, -0.15) is 0 Å². The van der Waals surface area contributed by atoms with Gasteiger partial charge >= 0.3 is 263 Å². The third-order valence-corrected chi connectivity index (χ3v) is 13.0. The number of likely N-dealkylation sites (N-methyl/N-ethyl adjacent to an activating group) is 1. The summed E-state index contributed by atoms with van der Waals surface area (Å²) in [5, 5.41) is 22.5. The van der Waals surface area contributed by atoms with Crippen LogP contribution in [0.25, 0.3) is 0 Å². The predicted octanol–water partition coefficient (Wildman–Crippen LogP) is -0.280. The van der Waals surface area contributed by atoms with Gasteiger partial charge in [0.15, 0.2) is 0 Å². The van der Waals surface area contributed by atoms with Crippen molar-refractivity contribution in [2.45, 2.75) is 69.1 Å². The third-order valence-electron chi connectivity index (χ3n) is 8.30. The van der Waals surface area contributed by atoms with Gasteiger partial charge in [-0.25, -0.2) is 13.2 Å². The fourth-order valence-corrected chi connectivity index (χ4v) is 9.57. The number of aldehydes is 1. The first kappa shape index (κ1) is 48.7. The quantitative estimate of drug-likeness (QED) is 0.0193. The summed E-state index contributed by atoms with van der Waals surface area (Å²) in [6.07, 6.45) is 0.258. The van der Waals surface area contributed by atoms with Gasteiger partial charge in [0.05, 0.1) is 4.90 Å². The van der Waals surface area contributed by atoms with Crippen LogP contribution in [0.3, 0.4) is 0 Å². The molecule has 0 aliphatic rings. The van der Waals surface area contributed by atoms with Gasteiger partial charge in [-0.3, -0.25) is 4.72 Å². The van der Waals surface area contributed by atoms with E-state index in [2.05, 4.69) is 39.6 Å². The number of halogens is 1. The summed E-state index contributed by atoms with van der Waals surface area (Å²) >= 11 is -0.784. The van der Waals surface area contributed by atoms with E-state index in [1.165, 1.54) is 64.4 Å². The average Bonchev–Trinajstić information content (AvgIpc) is 3.20. The number of amides is 7. The number of aliphatic carboxylic acids is 1. The van der Waals surface area contributed by atoms with Crippen LogP contribution in [-0.4, -0.2) is 92.2 Å². The Kier molecular flexibility index (Phi) is 19.3. The standard InChI is InChI=1S/C37H48IN10O10S2/c1-5-16-40-36(55)43-27-9-7-11-30(18-27)60(57,58)47-28-10-6-8-24(17-28)31(20-33(51)52)44-37(56)42-25-12-14-26(15-13-25)45-38-59-46-22(2)35(54)48(4)23(3)34(53)41-29(21-49)19-32(39)50/h6-15,17-18,21-23,29,31,45-47H,5,16,19-20H2,1-4H3,(H2,39,50)(H,41,53)(H,51,52)(H2,40,43,55)(H2,42,44,56)/q-1. The number of primary amides is 1. The van der Waals surface area contributed by atoms with Crippen molar-refractivity contribution in [2.75, 3.05) is 32.5 Å². The zero-order valence-electron chi connectivity index (χ0n) is 33.0. The Morgan fingerprint density at radius 2 is 1.52 bits per heavy atom. The Morgan fingerprint density at radius 3 is 2.17 bits per heavy atom. The summed E-state index contributed by atoms with van der Waals surface area (Å²) in [6.45, 7) is 5.46. The summed E-state index contributed by atoms with van der Waals surface area (Å²) in [6, 6.07) is 13.3. The molecule has 4 atom stereocenters. The zero-order chi connectivity index (χ0) is 44.4. The van der Waals surface area contributed by atoms with Gasteiger partial charge in [-0.05, 0) is 30.7 Å². The van der Waals surface area contributed by atoms with E-state index in [-0.39, 0.29) is 28.6 Å². The summed E-state index contributed by atoms with van der Waals surface area (Å²) in [4.78, 5) is 85.6. The van der Waals surface area contributed by atoms with Crippen LogP contribution in [0.4, 0.5) is 32.3 Å². The Bertz CT molecular complexity index is 2110. The number of carboxylic acids is 1. The third kappa shape index (κ3) is 16.2. The predicted molar refractivity (Wildman–Crippen MR) is 222 cm³/mol. The minimum Gasteiger partial charge on any atom is -0.0179 e. The van der Waals surface area contributed by atoms with Gasteiger partial charge in [0.25, 0.3) is 10.0 Å². The normalized spacial score (nSPS) is 13.0. The van der Waals surface area contributed by atoms with E-state index in [1.807, 2.05) is 6.92 Å². The van der Waals surface area contributed by atoms with Gasteiger partial charge in [0.2, 0.25) is 0 Å². The molecule has 4 unspecified atom stereocenters. The number of nitrogens with zero attached hydrogens (tertiary/aromatic N) is 1. The average molecular weight is 984 g/mol. The second-order valence-corrected chi connectivity index (χ2v) is 18.5. The van der Waals surface area contributed by atoms with Crippen molar-refractivity contribution < 1.29 is 67.2 Å². The largest absolute Gasteiger partial charge is 0.0179 e. The maximum Gasteiger partial charge on any atom is -0.0179 e. The smallest absolute Gasteiger partial charge is 0.0179 e. The molecule has 326 valence electrons. The summed E-state index contributed by atoms with van der Waals surface area (Å²) in [5.41, 5.74) is 6.89. The summed E-state index contributed by atoms with van der Waals surface area (Å²) < 4.78 is 35.2. The second kappa shape index (κ2) is 23.8. The van der Waals surface area contributed by atoms with Gasteiger partial charge in [-0.15, -0.1) is 0 Å². The van der Waals surface area contributed by atoms with E-state index in [9.17, 15) is 47.1 Å². The number of anilines is 4. The van der Waals surface area contributed by atoms with Crippen LogP contribution >= 0.6 is 9.12 Å². The van der Waals surface area contributed by atoms with Crippen LogP contribution in [0.1, 0.15) is 51.6 Å². The molecule has 0 fully saturated rings. The molecule has 0 bridgehead atoms. The van der Waals surface area contributed by atoms with Gasteiger partial charge < -0.3 is 10.6 Å². The Morgan fingerprint density at radius 1 is 0.867 bits per heavy atom. The van der Waals surface area contributed by atoms with Crippen molar-refractivity contribution in [2.24, 2.45) is 5.73 Å². The molecule has 3 rings (SSSR count). The number of hydrogen-bond acceptors (Lipinski definition) is 12. The Balaban J connectivity index is 1.53. The van der Waals surface area contributed by atoms with E-state index in [0.29, 0.717) is 29.8 Å². The Labute approximate surface area is 360 Å². The van der Waals surface area contributed by atoms with Gasteiger partial charge in [0.1, 0.15) is 0 Å². The first-order valence-electron chi connectivity index (χ1n) is 18.2. The minimum atomic E-state index is -4.14. The number of urea groups is 2. The van der Waals surface area contributed by atoms with Crippen LogP contribution in [0.5, 0.6) is 0 Å². The molecule has 0 aromatic heterocycles. The van der Waals surface area contributed by atoms with Crippen LogP contribution < -0.4 is 65.4 Å². The van der Waals surface area contributed by atoms with E-state index in [4.69, 9.17) is 5.73 Å². The van der Waals surface area contributed by atoms with Crippen molar-refractivity contribution in [1.82, 2.24) is 25.6 Å². The maximum atomic E-state index is 13.3. The molecule has 23 heteroatoms. The van der Waals surface area contributed by atoms with Crippen LogP contribution in [0, 0.1) is 0 Å². The fraction of sp³-hybridized carbons (Fsp3) is 0.324. The summed E-state index contributed by atoms with van der Waals surface area (Å²) in [7, 11) is -1.40. The molecule has 0 spiro atoms. The maximum absolute atomic E-state index is 13.3. The SMILES string of the molecule is CCCNC(=O)Nc1cccc(S(=O)(=O)Nc2cccc(C(CC(=O)O)NC(=O)Nc3ccc(N[I-]SNC(C)C(=O)N(C)C(C)C(=O)NC(C=O)CC(N)=O)cc3)c2)c1. The van der Waals surface area contributed by atoms with Crippen molar-refractivity contribution in [3.05, 3.63) is 78.4 Å². The van der Waals surface area contributed by atoms with Gasteiger partial charge in [0, 0.05) is 12.2 Å². The van der Waals surface area contributed by atoms with E-state index in [0.717, 1.165) is 6.42 Å². The monoisotopic (exact) mass is 983 g/mol. The molecule has 11 N–H and O–H groups in total.